The Hall–Kier alpha value is -0.470. The Morgan fingerprint density at radius 1 is 1.29 bits per heavy atom. The summed E-state index contributed by atoms with van der Waals surface area (Å²) in [5, 5.41) is 0.968. The number of carbonyl (C=O) groups excluding carboxylic acids is 1. The van der Waals surface area contributed by atoms with Gasteiger partial charge in [-0.05, 0) is 49.8 Å². The molecular weight excluding hydrogens is 252 g/mol. The van der Waals surface area contributed by atoms with Crippen LogP contribution in [0, 0.1) is 5.92 Å². The lowest BCUT2D eigenvalue weighted by molar-refractivity contribution is -0.121. The zero-order valence-corrected chi connectivity index (χ0v) is 11.5. The van der Waals surface area contributed by atoms with E-state index in [0.717, 1.165) is 24.3 Å². The summed E-state index contributed by atoms with van der Waals surface area (Å²) in [4.78, 5) is 11.4. The first kappa shape index (κ1) is 13.0. The Balaban J connectivity index is 2.06. The van der Waals surface area contributed by atoms with E-state index < -0.39 is 0 Å². The fraction of sp³-hybridized carbons (Fsp3) is 0.500. The van der Waals surface area contributed by atoms with Crippen molar-refractivity contribution < 1.29 is 4.79 Å². The summed E-state index contributed by atoms with van der Waals surface area (Å²) in [6.45, 7) is 1.68. The van der Waals surface area contributed by atoms with Gasteiger partial charge in [-0.3, -0.25) is 4.79 Å². The maximum atomic E-state index is 11.4. The molecule has 1 aliphatic rings. The molecule has 92 valence electrons. The van der Waals surface area contributed by atoms with Crippen molar-refractivity contribution in [3.63, 3.8) is 0 Å². The van der Waals surface area contributed by atoms with Gasteiger partial charge in [-0.25, -0.2) is 0 Å². The van der Waals surface area contributed by atoms with Crippen LogP contribution in [0.25, 0.3) is 0 Å². The van der Waals surface area contributed by atoms with Gasteiger partial charge in [-0.15, -0.1) is 0 Å². The SMILES string of the molecule is CC(=O)C1CCC(c2ccc(Cl)cc2)CC1S. The number of Topliss-reactive ketones (excluding diaryl/α,β-unsaturated/α-hetero) is 1. The van der Waals surface area contributed by atoms with Gasteiger partial charge in [0.25, 0.3) is 0 Å². The second-order valence-corrected chi connectivity index (χ2v) is 5.95. The van der Waals surface area contributed by atoms with Crippen molar-refractivity contribution in [2.24, 2.45) is 5.92 Å². The van der Waals surface area contributed by atoms with Crippen molar-refractivity contribution in [2.75, 3.05) is 0 Å². The second kappa shape index (κ2) is 5.45. The molecule has 0 saturated heterocycles. The monoisotopic (exact) mass is 268 g/mol. The van der Waals surface area contributed by atoms with Crippen molar-refractivity contribution in [2.45, 2.75) is 37.4 Å². The van der Waals surface area contributed by atoms with E-state index in [1.807, 2.05) is 12.1 Å². The molecule has 0 N–H and O–H groups in total. The number of carbonyl (C=O) groups is 1. The molecule has 0 aromatic heterocycles. The quantitative estimate of drug-likeness (QED) is 0.799. The second-order valence-electron chi connectivity index (χ2n) is 4.85. The van der Waals surface area contributed by atoms with E-state index in [-0.39, 0.29) is 17.0 Å². The van der Waals surface area contributed by atoms with Gasteiger partial charge < -0.3 is 0 Å². The molecule has 2 rings (SSSR count). The molecule has 1 aromatic rings. The molecule has 3 unspecified atom stereocenters. The summed E-state index contributed by atoms with van der Waals surface area (Å²) in [5.41, 5.74) is 1.32. The third-order valence-electron chi connectivity index (χ3n) is 3.68. The van der Waals surface area contributed by atoms with Gasteiger partial charge in [0, 0.05) is 16.2 Å². The molecular formula is C14H17ClOS. The fourth-order valence-electron chi connectivity index (χ4n) is 2.66. The molecule has 0 bridgehead atoms. The summed E-state index contributed by atoms with van der Waals surface area (Å²) in [6, 6.07) is 8.03. The summed E-state index contributed by atoms with van der Waals surface area (Å²) in [5.74, 6) is 0.937. The minimum Gasteiger partial charge on any atom is -0.300 e. The van der Waals surface area contributed by atoms with Gasteiger partial charge in [0.2, 0.25) is 0 Å². The van der Waals surface area contributed by atoms with E-state index >= 15 is 0 Å². The Morgan fingerprint density at radius 2 is 1.94 bits per heavy atom. The number of thiol groups is 1. The zero-order chi connectivity index (χ0) is 12.4. The average Bonchev–Trinajstić information content (AvgIpc) is 2.29. The van der Waals surface area contributed by atoms with Crippen molar-refractivity contribution in [3.05, 3.63) is 34.9 Å². The summed E-state index contributed by atoms with van der Waals surface area (Å²) >= 11 is 10.5. The van der Waals surface area contributed by atoms with Gasteiger partial charge in [-0.1, -0.05) is 23.7 Å². The number of halogens is 1. The Labute approximate surface area is 113 Å². The molecule has 17 heavy (non-hydrogen) atoms. The smallest absolute Gasteiger partial charge is 0.134 e. The number of hydrogen-bond acceptors (Lipinski definition) is 2. The largest absolute Gasteiger partial charge is 0.300 e. The molecule has 1 saturated carbocycles. The summed E-state index contributed by atoms with van der Waals surface area (Å²) < 4.78 is 0. The van der Waals surface area contributed by atoms with E-state index in [1.54, 1.807) is 6.92 Å². The summed E-state index contributed by atoms with van der Waals surface area (Å²) in [6.07, 6.45) is 3.01. The number of ketones is 1. The highest BCUT2D eigenvalue weighted by Crippen LogP contribution is 2.38. The number of rotatable bonds is 2. The van der Waals surface area contributed by atoms with Crippen LogP contribution in [0.3, 0.4) is 0 Å². The molecule has 1 fully saturated rings. The maximum Gasteiger partial charge on any atom is 0.134 e. The Kier molecular flexibility index (Phi) is 4.16. The van der Waals surface area contributed by atoms with E-state index in [1.165, 1.54) is 5.56 Å². The molecule has 1 aliphatic carbocycles. The first-order valence-electron chi connectivity index (χ1n) is 6.02. The van der Waals surface area contributed by atoms with Crippen molar-refractivity contribution in [1.29, 1.82) is 0 Å². The first-order valence-corrected chi connectivity index (χ1v) is 6.91. The van der Waals surface area contributed by atoms with Crippen LogP contribution in [0.4, 0.5) is 0 Å². The third-order valence-corrected chi connectivity index (χ3v) is 4.50. The van der Waals surface area contributed by atoms with E-state index in [4.69, 9.17) is 11.6 Å². The molecule has 1 aromatic carbocycles. The lowest BCUT2D eigenvalue weighted by Crippen LogP contribution is -2.29. The molecule has 0 spiro atoms. The number of benzene rings is 1. The summed E-state index contributed by atoms with van der Waals surface area (Å²) in [7, 11) is 0. The standard InChI is InChI=1S/C14H17ClOS/c1-9(16)13-7-4-11(8-14(13)17)10-2-5-12(15)6-3-10/h2-3,5-6,11,13-14,17H,4,7-8H2,1H3. The van der Waals surface area contributed by atoms with Gasteiger partial charge in [0.15, 0.2) is 0 Å². The molecule has 0 amide bonds. The molecule has 1 nitrogen and oxygen atoms in total. The van der Waals surface area contributed by atoms with Crippen LogP contribution in [-0.2, 0) is 4.79 Å². The predicted molar refractivity (Wildman–Crippen MR) is 75.0 cm³/mol. The van der Waals surface area contributed by atoms with Crippen LogP contribution in [-0.4, -0.2) is 11.0 Å². The van der Waals surface area contributed by atoms with Crippen LogP contribution in [0.2, 0.25) is 5.02 Å². The van der Waals surface area contributed by atoms with Crippen molar-refractivity contribution >= 4 is 30.0 Å². The lowest BCUT2D eigenvalue weighted by Gasteiger charge is -2.32. The highest BCUT2D eigenvalue weighted by Gasteiger charge is 2.31. The van der Waals surface area contributed by atoms with Gasteiger partial charge in [0.05, 0.1) is 0 Å². The van der Waals surface area contributed by atoms with Crippen LogP contribution >= 0.6 is 24.2 Å². The average molecular weight is 269 g/mol. The molecule has 0 radical (unpaired) electrons. The normalized spacial score (nSPS) is 29.0. The number of hydrogen-bond donors (Lipinski definition) is 1. The van der Waals surface area contributed by atoms with Crippen molar-refractivity contribution in [3.8, 4) is 0 Å². The van der Waals surface area contributed by atoms with E-state index in [0.29, 0.717) is 5.92 Å². The van der Waals surface area contributed by atoms with E-state index in [2.05, 4.69) is 24.8 Å². The highest BCUT2D eigenvalue weighted by molar-refractivity contribution is 7.81. The maximum absolute atomic E-state index is 11.4. The predicted octanol–water partition coefficient (Wildman–Crippen LogP) is 4.11. The Morgan fingerprint density at radius 3 is 2.47 bits per heavy atom. The van der Waals surface area contributed by atoms with E-state index in [9.17, 15) is 4.79 Å². The zero-order valence-electron chi connectivity index (χ0n) is 9.90. The van der Waals surface area contributed by atoms with Crippen LogP contribution in [0.1, 0.15) is 37.7 Å². The van der Waals surface area contributed by atoms with Crippen LogP contribution in [0.5, 0.6) is 0 Å². The third kappa shape index (κ3) is 3.05. The minimum absolute atomic E-state index is 0.141. The topological polar surface area (TPSA) is 17.1 Å². The Bertz CT molecular complexity index is 401. The highest BCUT2D eigenvalue weighted by atomic mass is 35.5. The minimum atomic E-state index is 0.141. The molecule has 0 aliphatic heterocycles. The van der Waals surface area contributed by atoms with Gasteiger partial charge >= 0.3 is 0 Å². The van der Waals surface area contributed by atoms with Crippen molar-refractivity contribution in [1.82, 2.24) is 0 Å². The first-order chi connectivity index (χ1) is 8.08. The fourth-order valence-corrected chi connectivity index (χ4v) is 3.40. The molecule has 3 atom stereocenters. The van der Waals surface area contributed by atoms with Gasteiger partial charge in [-0.2, -0.15) is 12.6 Å². The van der Waals surface area contributed by atoms with Gasteiger partial charge in [0.1, 0.15) is 5.78 Å². The molecule has 0 heterocycles. The van der Waals surface area contributed by atoms with Crippen LogP contribution in [0.15, 0.2) is 24.3 Å². The van der Waals surface area contributed by atoms with Crippen LogP contribution < -0.4 is 0 Å². The lowest BCUT2D eigenvalue weighted by atomic mass is 9.77. The molecule has 3 heteroatoms.